The van der Waals surface area contributed by atoms with Gasteiger partial charge in [-0.2, -0.15) is 0 Å². The van der Waals surface area contributed by atoms with Crippen molar-refractivity contribution in [1.29, 1.82) is 0 Å². The molecule has 19 heavy (non-hydrogen) atoms. The van der Waals surface area contributed by atoms with E-state index in [0.717, 1.165) is 18.8 Å². The highest BCUT2D eigenvalue weighted by Gasteiger charge is 2.48. The van der Waals surface area contributed by atoms with E-state index in [1.165, 1.54) is 12.8 Å². The minimum Gasteiger partial charge on any atom is -0.469 e. The quantitative estimate of drug-likeness (QED) is 0.838. The Labute approximate surface area is 115 Å². The van der Waals surface area contributed by atoms with Gasteiger partial charge in [-0.25, -0.2) is 0 Å². The van der Waals surface area contributed by atoms with Crippen molar-refractivity contribution in [1.82, 2.24) is 4.90 Å². The van der Waals surface area contributed by atoms with Crippen LogP contribution in [0.1, 0.15) is 44.8 Å². The number of ketones is 1. The Morgan fingerprint density at radius 2 is 2.05 bits per heavy atom. The second kappa shape index (κ2) is 5.12. The van der Waals surface area contributed by atoms with Gasteiger partial charge in [-0.3, -0.25) is 9.69 Å². The number of likely N-dealkylation sites (tertiary alicyclic amines) is 1. The zero-order valence-electron chi connectivity index (χ0n) is 11.8. The minimum absolute atomic E-state index is 0.123. The molecule has 1 saturated heterocycles. The van der Waals surface area contributed by atoms with Gasteiger partial charge < -0.3 is 4.42 Å². The molecular weight excluding hydrogens is 238 g/mol. The first-order valence-electron chi connectivity index (χ1n) is 7.48. The Morgan fingerprint density at radius 3 is 2.63 bits per heavy atom. The van der Waals surface area contributed by atoms with E-state index < -0.39 is 0 Å². The predicted octanol–water partition coefficient (Wildman–Crippen LogP) is 3.07. The molecule has 0 amide bonds. The summed E-state index contributed by atoms with van der Waals surface area (Å²) < 4.78 is 5.59. The van der Waals surface area contributed by atoms with Crippen molar-refractivity contribution >= 4 is 5.78 Å². The van der Waals surface area contributed by atoms with Gasteiger partial charge in [-0.1, -0.05) is 13.8 Å². The molecule has 3 heteroatoms. The molecule has 104 valence electrons. The van der Waals surface area contributed by atoms with Crippen molar-refractivity contribution in [3.05, 3.63) is 24.2 Å². The summed E-state index contributed by atoms with van der Waals surface area (Å²) in [6.07, 6.45) is 4.85. The van der Waals surface area contributed by atoms with E-state index in [4.69, 9.17) is 4.42 Å². The van der Waals surface area contributed by atoms with E-state index >= 15 is 0 Å². The van der Waals surface area contributed by atoms with Crippen molar-refractivity contribution in [2.24, 2.45) is 11.8 Å². The number of hydrogen-bond donors (Lipinski definition) is 0. The number of rotatable bonds is 3. The van der Waals surface area contributed by atoms with Crippen LogP contribution in [0.25, 0.3) is 0 Å². The van der Waals surface area contributed by atoms with Crippen LogP contribution in [-0.2, 0) is 4.79 Å². The summed E-state index contributed by atoms with van der Waals surface area (Å²) in [6, 6.07) is 4.08. The van der Waals surface area contributed by atoms with Crippen molar-refractivity contribution in [2.75, 3.05) is 13.1 Å². The predicted molar refractivity (Wildman–Crippen MR) is 74.0 cm³/mol. The zero-order valence-corrected chi connectivity index (χ0v) is 11.8. The fourth-order valence-electron chi connectivity index (χ4n) is 4.00. The lowest BCUT2D eigenvalue weighted by atomic mass is 9.82. The molecule has 0 radical (unpaired) electrons. The van der Waals surface area contributed by atoms with E-state index in [-0.39, 0.29) is 12.0 Å². The molecule has 0 spiro atoms. The van der Waals surface area contributed by atoms with Crippen LogP contribution in [0.4, 0.5) is 0 Å². The van der Waals surface area contributed by atoms with E-state index in [9.17, 15) is 4.79 Å². The molecule has 2 fully saturated rings. The summed E-state index contributed by atoms with van der Waals surface area (Å²) in [5.74, 6) is 2.59. The summed E-state index contributed by atoms with van der Waals surface area (Å²) in [6.45, 7) is 6.65. The molecule has 3 nitrogen and oxygen atoms in total. The van der Waals surface area contributed by atoms with Gasteiger partial charge in [0.05, 0.1) is 12.3 Å². The summed E-state index contributed by atoms with van der Waals surface area (Å²) >= 11 is 0. The van der Waals surface area contributed by atoms with Crippen LogP contribution in [0.15, 0.2) is 22.8 Å². The van der Waals surface area contributed by atoms with Crippen molar-refractivity contribution in [2.45, 2.75) is 45.1 Å². The molecular formula is C16H23NO2. The lowest BCUT2D eigenvalue weighted by Gasteiger charge is -2.32. The molecule has 2 aliphatic rings. The minimum atomic E-state index is 0.123. The molecule has 0 bridgehead atoms. The fourth-order valence-corrected chi connectivity index (χ4v) is 4.00. The van der Waals surface area contributed by atoms with Gasteiger partial charge in [0.25, 0.3) is 0 Å². The average molecular weight is 261 g/mol. The molecule has 2 heterocycles. The normalized spacial score (nSPS) is 32.6. The third kappa shape index (κ3) is 2.25. The monoisotopic (exact) mass is 261 g/mol. The number of hydrogen-bond acceptors (Lipinski definition) is 3. The third-order valence-electron chi connectivity index (χ3n) is 4.79. The Balaban J connectivity index is 1.89. The SMILES string of the molecule is CC(C)[C@H]1[C@@H](c2ccco2)CC(=O)[C@H]1N1CCCC1. The van der Waals surface area contributed by atoms with Gasteiger partial charge in [-0.15, -0.1) is 0 Å². The van der Waals surface area contributed by atoms with E-state index in [0.29, 0.717) is 24.0 Å². The van der Waals surface area contributed by atoms with Crippen LogP contribution in [0.3, 0.4) is 0 Å². The summed E-state index contributed by atoms with van der Waals surface area (Å²) in [5.41, 5.74) is 0. The van der Waals surface area contributed by atoms with Crippen LogP contribution in [0.5, 0.6) is 0 Å². The third-order valence-corrected chi connectivity index (χ3v) is 4.79. The zero-order chi connectivity index (χ0) is 13.4. The maximum absolute atomic E-state index is 12.5. The molecule has 1 saturated carbocycles. The number of furan rings is 1. The van der Waals surface area contributed by atoms with Crippen molar-refractivity contribution in [3.8, 4) is 0 Å². The Kier molecular flexibility index (Phi) is 3.48. The first-order chi connectivity index (χ1) is 9.18. The van der Waals surface area contributed by atoms with Crippen LogP contribution in [-0.4, -0.2) is 29.8 Å². The van der Waals surface area contributed by atoms with Crippen LogP contribution >= 0.6 is 0 Å². The van der Waals surface area contributed by atoms with E-state index in [2.05, 4.69) is 18.7 Å². The highest BCUT2D eigenvalue weighted by molar-refractivity contribution is 5.88. The smallest absolute Gasteiger partial charge is 0.151 e. The fraction of sp³-hybridized carbons (Fsp3) is 0.688. The van der Waals surface area contributed by atoms with Gasteiger partial charge in [0.2, 0.25) is 0 Å². The first-order valence-corrected chi connectivity index (χ1v) is 7.48. The second-order valence-corrected chi connectivity index (χ2v) is 6.30. The Morgan fingerprint density at radius 1 is 1.32 bits per heavy atom. The number of carbonyl (C=O) groups excluding carboxylic acids is 1. The van der Waals surface area contributed by atoms with Crippen LogP contribution in [0.2, 0.25) is 0 Å². The van der Waals surface area contributed by atoms with Crippen LogP contribution < -0.4 is 0 Å². The standard InChI is InChI=1S/C16H23NO2/c1-11(2)15-12(14-6-5-9-19-14)10-13(18)16(15)17-7-3-4-8-17/h5-6,9,11-12,15-16H,3-4,7-8,10H2,1-2H3/t12-,15+,16-/m1/s1. The lowest BCUT2D eigenvalue weighted by molar-refractivity contribution is -0.122. The summed E-state index contributed by atoms with van der Waals surface area (Å²) in [7, 11) is 0. The maximum Gasteiger partial charge on any atom is 0.151 e. The summed E-state index contributed by atoms with van der Waals surface area (Å²) in [5, 5.41) is 0. The first kappa shape index (κ1) is 12.9. The van der Waals surface area contributed by atoms with E-state index in [1.54, 1.807) is 6.26 Å². The maximum atomic E-state index is 12.5. The molecule has 0 unspecified atom stereocenters. The van der Waals surface area contributed by atoms with Crippen molar-refractivity contribution in [3.63, 3.8) is 0 Å². The highest BCUT2D eigenvalue weighted by Crippen LogP contribution is 2.44. The van der Waals surface area contributed by atoms with E-state index in [1.807, 2.05) is 12.1 Å². The van der Waals surface area contributed by atoms with Crippen LogP contribution in [0, 0.1) is 11.8 Å². The molecule has 1 aromatic heterocycles. The Bertz CT molecular complexity index is 432. The second-order valence-electron chi connectivity index (χ2n) is 6.30. The topological polar surface area (TPSA) is 33.5 Å². The molecule has 1 aromatic rings. The molecule has 0 N–H and O–H groups in total. The molecule has 0 aromatic carbocycles. The average Bonchev–Trinajstić information content (AvgIpc) is 3.08. The van der Waals surface area contributed by atoms with Gasteiger partial charge in [-0.05, 0) is 49.9 Å². The lowest BCUT2D eigenvalue weighted by Crippen LogP contribution is -2.42. The van der Waals surface area contributed by atoms with Crippen molar-refractivity contribution < 1.29 is 9.21 Å². The molecule has 3 atom stereocenters. The van der Waals surface area contributed by atoms with Gasteiger partial charge >= 0.3 is 0 Å². The highest BCUT2D eigenvalue weighted by atomic mass is 16.3. The number of Topliss-reactive ketones (excluding diaryl/α,β-unsaturated/α-hetero) is 1. The summed E-state index contributed by atoms with van der Waals surface area (Å²) in [4.78, 5) is 14.9. The number of nitrogens with zero attached hydrogens (tertiary/aromatic N) is 1. The Hall–Kier alpha value is -1.09. The van der Waals surface area contributed by atoms with Gasteiger partial charge in [0.1, 0.15) is 5.76 Å². The largest absolute Gasteiger partial charge is 0.469 e. The van der Waals surface area contributed by atoms with Gasteiger partial charge in [0.15, 0.2) is 5.78 Å². The van der Waals surface area contributed by atoms with Gasteiger partial charge in [0, 0.05) is 12.3 Å². The number of carbonyl (C=O) groups is 1. The molecule has 1 aliphatic carbocycles. The molecule has 3 rings (SSSR count). The molecule has 1 aliphatic heterocycles.